The normalized spacial score (nSPS) is 13.5. The molecule has 1 rings (SSSR count). The summed E-state index contributed by atoms with van der Waals surface area (Å²) in [7, 11) is -3.48. The minimum atomic E-state index is -3.48. The van der Waals surface area contributed by atoms with Crippen LogP contribution in [0.4, 0.5) is 0 Å². The van der Waals surface area contributed by atoms with E-state index in [1.165, 1.54) is 0 Å². The number of hydrogen-bond donors (Lipinski definition) is 2. The second-order valence-electron chi connectivity index (χ2n) is 4.55. The summed E-state index contributed by atoms with van der Waals surface area (Å²) >= 11 is 3.35. The molecular formula is C13H20BrNO3S. The molecule has 1 aromatic carbocycles. The van der Waals surface area contributed by atoms with E-state index < -0.39 is 10.0 Å². The van der Waals surface area contributed by atoms with Crippen LogP contribution in [-0.4, -0.2) is 26.7 Å². The van der Waals surface area contributed by atoms with Gasteiger partial charge in [0.2, 0.25) is 10.0 Å². The Hall–Kier alpha value is -0.430. The van der Waals surface area contributed by atoms with Gasteiger partial charge >= 0.3 is 0 Å². The number of aryl methyl sites for hydroxylation is 1. The molecule has 19 heavy (non-hydrogen) atoms. The first-order valence-corrected chi connectivity index (χ1v) is 8.55. The van der Waals surface area contributed by atoms with Crippen LogP contribution in [0.2, 0.25) is 0 Å². The molecule has 0 fully saturated rings. The monoisotopic (exact) mass is 349 g/mol. The van der Waals surface area contributed by atoms with E-state index in [2.05, 4.69) is 20.7 Å². The molecular weight excluding hydrogens is 330 g/mol. The Bertz CT molecular complexity index is 517. The van der Waals surface area contributed by atoms with Crippen molar-refractivity contribution in [1.82, 2.24) is 4.72 Å². The van der Waals surface area contributed by atoms with Crippen molar-refractivity contribution in [3.8, 4) is 0 Å². The molecule has 0 amide bonds. The first-order chi connectivity index (χ1) is 8.90. The fraction of sp³-hybridized carbons (Fsp3) is 0.538. The molecule has 0 heterocycles. The van der Waals surface area contributed by atoms with Crippen LogP contribution in [0, 0.1) is 12.8 Å². The molecule has 0 radical (unpaired) electrons. The zero-order valence-electron chi connectivity index (χ0n) is 11.2. The van der Waals surface area contributed by atoms with E-state index in [4.69, 9.17) is 5.11 Å². The van der Waals surface area contributed by atoms with Crippen molar-refractivity contribution in [3.63, 3.8) is 0 Å². The summed E-state index contributed by atoms with van der Waals surface area (Å²) in [6, 6.07) is 4.95. The maximum atomic E-state index is 12.1. The number of aliphatic hydroxyl groups excluding tert-OH is 1. The third kappa shape index (κ3) is 4.87. The Morgan fingerprint density at radius 3 is 2.63 bits per heavy atom. The smallest absolute Gasteiger partial charge is 0.240 e. The number of sulfonamides is 1. The van der Waals surface area contributed by atoms with Gasteiger partial charge in [0.1, 0.15) is 0 Å². The average Bonchev–Trinajstić information content (AvgIpc) is 2.37. The number of nitrogens with one attached hydrogen (secondary N) is 1. The average molecular weight is 350 g/mol. The summed E-state index contributed by atoms with van der Waals surface area (Å²) in [5, 5.41) is 8.90. The highest BCUT2D eigenvalue weighted by Crippen LogP contribution is 2.20. The van der Waals surface area contributed by atoms with E-state index in [1.807, 2.05) is 13.8 Å². The second kappa shape index (κ2) is 7.38. The van der Waals surface area contributed by atoms with E-state index in [9.17, 15) is 8.42 Å². The molecule has 0 aliphatic heterocycles. The van der Waals surface area contributed by atoms with Crippen molar-refractivity contribution in [2.24, 2.45) is 5.92 Å². The third-order valence-electron chi connectivity index (χ3n) is 3.12. The van der Waals surface area contributed by atoms with E-state index in [1.54, 1.807) is 18.2 Å². The lowest BCUT2D eigenvalue weighted by Gasteiger charge is -2.15. The molecule has 0 bridgehead atoms. The lowest BCUT2D eigenvalue weighted by molar-refractivity contribution is 0.254. The Morgan fingerprint density at radius 2 is 2.11 bits per heavy atom. The first kappa shape index (κ1) is 16.6. The molecule has 108 valence electrons. The third-order valence-corrected chi connectivity index (χ3v) is 5.43. The van der Waals surface area contributed by atoms with Gasteiger partial charge in [0.25, 0.3) is 0 Å². The summed E-state index contributed by atoms with van der Waals surface area (Å²) in [5.74, 6) is 0.163. The van der Waals surface area contributed by atoms with Crippen molar-refractivity contribution in [2.45, 2.75) is 31.6 Å². The lowest BCUT2D eigenvalue weighted by atomic mass is 10.0. The SMILES string of the molecule is CCC(CCO)CNS(=O)(=O)c1ccc(Br)c(C)c1. The van der Waals surface area contributed by atoms with Gasteiger partial charge in [-0.1, -0.05) is 29.3 Å². The highest BCUT2D eigenvalue weighted by molar-refractivity contribution is 9.10. The molecule has 2 N–H and O–H groups in total. The molecule has 0 spiro atoms. The highest BCUT2D eigenvalue weighted by atomic mass is 79.9. The van der Waals surface area contributed by atoms with Crippen LogP contribution in [-0.2, 0) is 10.0 Å². The number of rotatable bonds is 7. The van der Waals surface area contributed by atoms with Crippen LogP contribution in [0.3, 0.4) is 0 Å². The van der Waals surface area contributed by atoms with Gasteiger partial charge < -0.3 is 5.11 Å². The molecule has 1 atom stereocenters. The number of benzene rings is 1. The molecule has 0 saturated heterocycles. The van der Waals surface area contributed by atoms with Crippen molar-refractivity contribution < 1.29 is 13.5 Å². The number of hydrogen-bond acceptors (Lipinski definition) is 3. The van der Waals surface area contributed by atoms with Crippen molar-refractivity contribution in [1.29, 1.82) is 0 Å². The minimum Gasteiger partial charge on any atom is -0.396 e. The Kier molecular flexibility index (Phi) is 6.46. The quantitative estimate of drug-likeness (QED) is 0.794. The van der Waals surface area contributed by atoms with Crippen LogP contribution in [0.25, 0.3) is 0 Å². The maximum absolute atomic E-state index is 12.1. The van der Waals surface area contributed by atoms with Crippen molar-refractivity contribution in [3.05, 3.63) is 28.2 Å². The maximum Gasteiger partial charge on any atom is 0.240 e. The molecule has 0 aliphatic carbocycles. The summed E-state index contributed by atoms with van der Waals surface area (Å²) in [6.45, 7) is 4.27. The van der Waals surface area contributed by atoms with Crippen molar-refractivity contribution in [2.75, 3.05) is 13.2 Å². The molecule has 0 aromatic heterocycles. The summed E-state index contributed by atoms with van der Waals surface area (Å²) in [4.78, 5) is 0.270. The van der Waals surface area contributed by atoms with Crippen LogP contribution >= 0.6 is 15.9 Å². The summed E-state index contributed by atoms with van der Waals surface area (Å²) < 4.78 is 27.8. The Morgan fingerprint density at radius 1 is 1.42 bits per heavy atom. The Balaban J connectivity index is 2.78. The largest absolute Gasteiger partial charge is 0.396 e. The van der Waals surface area contributed by atoms with Gasteiger partial charge in [0.05, 0.1) is 4.90 Å². The molecule has 0 saturated carbocycles. The van der Waals surface area contributed by atoms with Crippen molar-refractivity contribution >= 4 is 26.0 Å². The predicted molar refractivity (Wildman–Crippen MR) is 79.6 cm³/mol. The fourth-order valence-electron chi connectivity index (χ4n) is 1.73. The molecule has 6 heteroatoms. The Labute approximate surface area is 123 Å². The molecule has 4 nitrogen and oxygen atoms in total. The lowest BCUT2D eigenvalue weighted by Crippen LogP contribution is -2.29. The van der Waals surface area contributed by atoms with E-state index in [0.29, 0.717) is 13.0 Å². The van der Waals surface area contributed by atoms with Gasteiger partial charge in [-0.15, -0.1) is 0 Å². The van der Waals surface area contributed by atoms with E-state index in [-0.39, 0.29) is 17.4 Å². The molecule has 1 unspecified atom stereocenters. The first-order valence-electron chi connectivity index (χ1n) is 6.27. The van der Waals surface area contributed by atoms with Gasteiger partial charge in [-0.2, -0.15) is 0 Å². The fourth-order valence-corrected chi connectivity index (χ4v) is 3.18. The molecule has 1 aromatic rings. The summed E-state index contributed by atoms with van der Waals surface area (Å²) in [5.41, 5.74) is 0.880. The van der Waals surface area contributed by atoms with Gasteiger partial charge in [-0.05, 0) is 43.0 Å². The standard InChI is InChI=1S/C13H20BrNO3S/c1-3-11(6-7-16)9-15-19(17,18)12-4-5-13(14)10(2)8-12/h4-5,8,11,15-16H,3,6-7,9H2,1-2H3. The zero-order valence-corrected chi connectivity index (χ0v) is 13.6. The second-order valence-corrected chi connectivity index (χ2v) is 7.17. The predicted octanol–water partition coefficient (Wildman–Crippen LogP) is 2.44. The van der Waals surface area contributed by atoms with Crippen LogP contribution < -0.4 is 4.72 Å². The van der Waals surface area contributed by atoms with Gasteiger partial charge in [0.15, 0.2) is 0 Å². The summed E-state index contributed by atoms with van der Waals surface area (Å²) in [6.07, 6.45) is 1.45. The van der Waals surface area contributed by atoms with E-state index >= 15 is 0 Å². The highest BCUT2D eigenvalue weighted by Gasteiger charge is 2.16. The topological polar surface area (TPSA) is 66.4 Å². The van der Waals surface area contributed by atoms with Gasteiger partial charge in [-0.25, -0.2) is 13.1 Å². The van der Waals surface area contributed by atoms with Crippen LogP contribution in [0.1, 0.15) is 25.3 Å². The van der Waals surface area contributed by atoms with Crippen LogP contribution in [0.5, 0.6) is 0 Å². The van der Waals surface area contributed by atoms with Gasteiger partial charge in [0, 0.05) is 17.6 Å². The van der Waals surface area contributed by atoms with Crippen LogP contribution in [0.15, 0.2) is 27.6 Å². The minimum absolute atomic E-state index is 0.0810. The van der Waals surface area contributed by atoms with Gasteiger partial charge in [-0.3, -0.25) is 0 Å². The molecule has 0 aliphatic rings. The van der Waals surface area contributed by atoms with E-state index in [0.717, 1.165) is 16.5 Å². The number of halogens is 1. The number of aliphatic hydroxyl groups is 1. The zero-order chi connectivity index (χ0) is 14.5.